The van der Waals surface area contributed by atoms with Gasteiger partial charge >= 0.3 is 0 Å². The number of aromatic nitrogens is 2. The van der Waals surface area contributed by atoms with E-state index in [1.165, 1.54) is 0 Å². The van der Waals surface area contributed by atoms with Crippen LogP contribution in [0.15, 0.2) is 24.5 Å². The number of halogens is 1. The van der Waals surface area contributed by atoms with Crippen LogP contribution in [0.25, 0.3) is 5.65 Å². The molecule has 6 nitrogen and oxygen atoms in total. The van der Waals surface area contributed by atoms with Gasteiger partial charge in [0.2, 0.25) is 0 Å². The molecular weight excluding hydrogens is 292 g/mol. The van der Waals surface area contributed by atoms with E-state index in [1.807, 2.05) is 11.9 Å². The molecule has 112 valence electrons. The van der Waals surface area contributed by atoms with E-state index in [0.29, 0.717) is 16.4 Å². The van der Waals surface area contributed by atoms with E-state index in [-0.39, 0.29) is 24.6 Å². The number of hydrogen-bond donors (Lipinski definition) is 2. The number of aliphatic hydroxyl groups excluding tert-OH is 1. The van der Waals surface area contributed by atoms with Crippen LogP contribution in [0.2, 0.25) is 5.02 Å². The summed E-state index contributed by atoms with van der Waals surface area (Å²) in [5, 5.41) is 12.8. The Bertz CT molecular complexity index is 672. The van der Waals surface area contributed by atoms with Crippen LogP contribution in [0, 0.1) is 0 Å². The number of pyridine rings is 1. The van der Waals surface area contributed by atoms with E-state index in [0.717, 1.165) is 13.0 Å². The molecule has 2 N–H and O–H groups in total. The SMILES string of the molecule is CN1C[C@H](NC(=O)c2cn3cc(Cl)ccc3n2)C[C@H]1CO. The van der Waals surface area contributed by atoms with E-state index in [4.69, 9.17) is 11.6 Å². The lowest BCUT2D eigenvalue weighted by Crippen LogP contribution is -2.36. The zero-order valence-corrected chi connectivity index (χ0v) is 12.4. The van der Waals surface area contributed by atoms with Gasteiger partial charge in [-0.05, 0) is 25.6 Å². The van der Waals surface area contributed by atoms with Gasteiger partial charge in [0, 0.05) is 31.0 Å². The van der Waals surface area contributed by atoms with Gasteiger partial charge in [-0.25, -0.2) is 4.98 Å². The van der Waals surface area contributed by atoms with Gasteiger partial charge in [0.25, 0.3) is 5.91 Å². The summed E-state index contributed by atoms with van der Waals surface area (Å²) in [4.78, 5) is 18.6. The normalized spacial score (nSPS) is 22.8. The number of likely N-dealkylation sites (tertiary alicyclic amines) is 1. The van der Waals surface area contributed by atoms with Crippen molar-refractivity contribution in [1.82, 2.24) is 19.6 Å². The third-order valence-corrected chi connectivity index (χ3v) is 4.11. The van der Waals surface area contributed by atoms with E-state index in [1.54, 1.807) is 28.9 Å². The number of rotatable bonds is 3. The Morgan fingerprint density at radius 3 is 3.05 bits per heavy atom. The Hall–Kier alpha value is -1.63. The van der Waals surface area contributed by atoms with E-state index < -0.39 is 0 Å². The summed E-state index contributed by atoms with van der Waals surface area (Å²) < 4.78 is 1.73. The molecule has 2 aromatic heterocycles. The van der Waals surface area contributed by atoms with Gasteiger partial charge in [0.15, 0.2) is 0 Å². The van der Waals surface area contributed by atoms with Crippen molar-refractivity contribution >= 4 is 23.2 Å². The van der Waals surface area contributed by atoms with E-state index in [9.17, 15) is 9.90 Å². The highest BCUT2D eigenvalue weighted by Gasteiger charge is 2.30. The summed E-state index contributed by atoms with van der Waals surface area (Å²) in [6.07, 6.45) is 4.13. The number of fused-ring (bicyclic) bond motifs is 1. The maximum Gasteiger partial charge on any atom is 0.271 e. The zero-order chi connectivity index (χ0) is 15.0. The van der Waals surface area contributed by atoms with Crippen LogP contribution < -0.4 is 5.32 Å². The highest BCUT2D eigenvalue weighted by atomic mass is 35.5. The average molecular weight is 309 g/mol. The van der Waals surface area contributed by atoms with Crippen LogP contribution in [-0.2, 0) is 0 Å². The quantitative estimate of drug-likeness (QED) is 0.879. The molecule has 3 heterocycles. The molecule has 0 spiro atoms. The second-order valence-electron chi connectivity index (χ2n) is 5.42. The number of likely N-dealkylation sites (N-methyl/N-ethyl adjacent to an activating group) is 1. The number of nitrogens with zero attached hydrogens (tertiary/aromatic N) is 3. The maximum atomic E-state index is 12.3. The van der Waals surface area contributed by atoms with Gasteiger partial charge in [-0.2, -0.15) is 0 Å². The molecule has 2 aromatic rings. The van der Waals surface area contributed by atoms with Gasteiger partial charge < -0.3 is 14.8 Å². The number of imidazole rings is 1. The number of carbonyl (C=O) groups excluding carboxylic acids is 1. The van der Waals surface area contributed by atoms with Crippen molar-refractivity contribution < 1.29 is 9.90 Å². The van der Waals surface area contributed by atoms with Gasteiger partial charge in [-0.1, -0.05) is 11.6 Å². The lowest BCUT2D eigenvalue weighted by molar-refractivity contribution is 0.0934. The highest BCUT2D eigenvalue weighted by Crippen LogP contribution is 2.16. The smallest absolute Gasteiger partial charge is 0.271 e. The molecule has 0 aromatic carbocycles. The first kappa shape index (κ1) is 14.3. The van der Waals surface area contributed by atoms with E-state index >= 15 is 0 Å². The molecule has 1 aliphatic heterocycles. The molecule has 0 unspecified atom stereocenters. The largest absolute Gasteiger partial charge is 0.395 e. The van der Waals surface area contributed by atoms with Crippen molar-refractivity contribution in [3.8, 4) is 0 Å². The van der Waals surface area contributed by atoms with Crippen LogP contribution in [0.3, 0.4) is 0 Å². The predicted molar refractivity (Wildman–Crippen MR) is 79.6 cm³/mol. The molecule has 0 radical (unpaired) electrons. The molecule has 0 aliphatic carbocycles. The first-order chi connectivity index (χ1) is 10.1. The van der Waals surface area contributed by atoms with Gasteiger partial charge in [0.1, 0.15) is 11.3 Å². The summed E-state index contributed by atoms with van der Waals surface area (Å²) in [6, 6.07) is 3.65. The number of aliphatic hydroxyl groups is 1. The van der Waals surface area contributed by atoms with Crippen molar-refractivity contribution in [2.24, 2.45) is 0 Å². The average Bonchev–Trinajstić information content (AvgIpc) is 3.01. The Labute approximate surface area is 127 Å². The monoisotopic (exact) mass is 308 g/mol. The fourth-order valence-electron chi connectivity index (χ4n) is 2.73. The zero-order valence-electron chi connectivity index (χ0n) is 11.7. The molecule has 1 amide bonds. The van der Waals surface area contributed by atoms with Gasteiger partial charge in [-0.15, -0.1) is 0 Å². The molecule has 1 aliphatic rings. The lowest BCUT2D eigenvalue weighted by Gasteiger charge is -2.15. The molecule has 7 heteroatoms. The predicted octanol–water partition coefficient (Wildman–Crippen LogP) is 0.782. The fraction of sp³-hybridized carbons (Fsp3) is 0.429. The standard InChI is InChI=1S/C14H17ClN4O2/c1-18-6-10(4-11(18)8-20)16-14(21)12-7-19-5-9(15)2-3-13(19)17-12/h2-3,5,7,10-11,20H,4,6,8H2,1H3,(H,16,21)/t10-,11+/m1/s1. The Kier molecular flexibility index (Phi) is 3.84. The molecule has 1 fully saturated rings. The van der Waals surface area contributed by atoms with Crippen LogP contribution >= 0.6 is 11.6 Å². The number of hydrogen-bond acceptors (Lipinski definition) is 4. The number of carbonyl (C=O) groups is 1. The minimum absolute atomic E-state index is 0.0352. The van der Waals surface area contributed by atoms with Crippen molar-refractivity contribution in [2.45, 2.75) is 18.5 Å². The van der Waals surface area contributed by atoms with Gasteiger partial charge in [-0.3, -0.25) is 9.69 Å². The van der Waals surface area contributed by atoms with Crippen molar-refractivity contribution in [3.63, 3.8) is 0 Å². The minimum atomic E-state index is -0.202. The van der Waals surface area contributed by atoms with Crippen LogP contribution in [-0.4, -0.2) is 57.6 Å². The molecule has 2 atom stereocenters. The Morgan fingerprint density at radius 2 is 2.33 bits per heavy atom. The molecule has 1 saturated heterocycles. The lowest BCUT2D eigenvalue weighted by atomic mass is 10.2. The summed E-state index contributed by atoms with van der Waals surface area (Å²) in [5.41, 5.74) is 1.05. The Balaban J connectivity index is 1.72. The molecule has 0 saturated carbocycles. The third kappa shape index (κ3) is 2.88. The van der Waals surface area contributed by atoms with Crippen LogP contribution in [0.4, 0.5) is 0 Å². The second kappa shape index (κ2) is 5.63. The number of nitrogens with one attached hydrogen (secondary N) is 1. The topological polar surface area (TPSA) is 69.9 Å². The first-order valence-electron chi connectivity index (χ1n) is 6.83. The molecule has 0 bridgehead atoms. The molecule has 3 rings (SSSR count). The fourth-order valence-corrected chi connectivity index (χ4v) is 2.90. The van der Waals surface area contributed by atoms with Crippen molar-refractivity contribution in [1.29, 1.82) is 0 Å². The van der Waals surface area contributed by atoms with Gasteiger partial charge in [0.05, 0.1) is 11.6 Å². The summed E-state index contributed by atoms with van der Waals surface area (Å²) in [5.74, 6) is -0.202. The first-order valence-corrected chi connectivity index (χ1v) is 7.21. The highest BCUT2D eigenvalue weighted by molar-refractivity contribution is 6.30. The molecule has 21 heavy (non-hydrogen) atoms. The maximum absolute atomic E-state index is 12.3. The van der Waals surface area contributed by atoms with Crippen molar-refractivity contribution in [2.75, 3.05) is 20.2 Å². The van der Waals surface area contributed by atoms with Crippen LogP contribution in [0.1, 0.15) is 16.9 Å². The molecular formula is C14H17ClN4O2. The summed E-state index contributed by atoms with van der Waals surface area (Å²) in [6.45, 7) is 0.839. The van der Waals surface area contributed by atoms with E-state index in [2.05, 4.69) is 10.3 Å². The third-order valence-electron chi connectivity index (χ3n) is 3.88. The minimum Gasteiger partial charge on any atom is -0.395 e. The van der Waals surface area contributed by atoms with Crippen molar-refractivity contribution in [3.05, 3.63) is 35.2 Å². The second-order valence-corrected chi connectivity index (χ2v) is 5.86. The number of amides is 1. The summed E-state index contributed by atoms with van der Waals surface area (Å²) >= 11 is 5.91. The summed E-state index contributed by atoms with van der Waals surface area (Å²) in [7, 11) is 1.94. The Morgan fingerprint density at radius 1 is 1.52 bits per heavy atom. The van der Waals surface area contributed by atoms with Crippen LogP contribution in [0.5, 0.6) is 0 Å².